The molecule has 0 unspecified atom stereocenters. The molecule has 7 heteroatoms. The van der Waals surface area contributed by atoms with Crippen LogP contribution in [0.2, 0.25) is 0 Å². The predicted octanol–water partition coefficient (Wildman–Crippen LogP) is 0.472. The van der Waals surface area contributed by atoms with Crippen molar-refractivity contribution < 1.29 is 9.90 Å². The van der Waals surface area contributed by atoms with Crippen LogP contribution in [0.3, 0.4) is 0 Å². The summed E-state index contributed by atoms with van der Waals surface area (Å²) < 4.78 is 1.87. The maximum Gasteiger partial charge on any atom is 0.265 e. The Balaban J connectivity index is 2.42. The molecule has 0 aliphatic heterocycles. The summed E-state index contributed by atoms with van der Waals surface area (Å²) in [5.41, 5.74) is 0.849. The second kappa shape index (κ2) is 4.42. The van der Waals surface area contributed by atoms with E-state index < -0.39 is 0 Å². The van der Waals surface area contributed by atoms with Crippen LogP contribution < -0.4 is 0 Å². The molecule has 0 fully saturated rings. The number of thiazole rings is 1. The van der Waals surface area contributed by atoms with E-state index in [0.29, 0.717) is 11.4 Å². The number of aromatic nitrogens is 3. The van der Waals surface area contributed by atoms with Gasteiger partial charge in [-0.05, 0) is 13.8 Å². The lowest BCUT2D eigenvalue weighted by Crippen LogP contribution is -2.29. The van der Waals surface area contributed by atoms with Crippen LogP contribution in [0.1, 0.15) is 21.2 Å². The molecule has 2 aromatic heterocycles. The molecule has 1 N–H and O–H groups in total. The van der Waals surface area contributed by atoms with Gasteiger partial charge in [0.1, 0.15) is 10.7 Å². The maximum absolute atomic E-state index is 12.1. The number of aliphatic hydroxyl groups excluding tert-OH is 1. The van der Waals surface area contributed by atoms with Crippen LogP contribution in [0.4, 0.5) is 0 Å². The van der Waals surface area contributed by atoms with Crippen LogP contribution in [-0.2, 0) is 0 Å². The molecule has 0 saturated heterocycles. The van der Waals surface area contributed by atoms with Crippen LogP contribution in [0.15, 0.2) is 0 Å². The third kappa shape index (κ3) is 1.91. The van der Waals surface area contributed by atoms with E-state index in [-0.39, 0.29) is 12.5 Å². The second-order valence-corrected chi connectivity index (χ2v) is 4.81. The van der Waals surface area contributed by atoms with Gasteiger partial charge in [0.15, 0.2) is 0 Å². The van der Waals surface area contributed by atoms with E-state index in [2.05, 4.69) is 10.2 Å². The summed E-state index contributed by atoms with van der Waals surface area (Å²) in [4.78, 5) is 15.0. The van der Waals surface area contributed by atoms with Crippen molar-refractivity contribution in [2.75, 3.05) is 20.2 Å². The minimum absolute atomic E-state index is 0.0373. The molecule has 17 heavy (non-hydrogen) atoms. The van der Waals surface area contributed by atoms with Gasteiger partial charge in [-0.3, -0.25) is 9.20 Å². The molecule has 0 aliphatic carbocycles. The van der Waals surface area contributed by atoms with Crippen LogP contribution in [0.5, 0.6) is 0 Å². The molecule has 92 valence electrons. The Labute approximate surface area is 103 Å². The fraction of sp³-hybridized carbons (Fsp3) is 0.500. The number of hydrogen-bond donors (Lipinski definition) is 1. The van der Waals surface area contributed by atoms with Gasteiger partial charge in [0, 0.05) is 19.3 Å². The summed E-state index contributed by atoms with van der Waals surface area (Å²) in [6.45, 7) is 4.02. The minimum Gasteiger partial charge on any atom is -0.395 e. The van der Waals surface area contributed by atoms with Crippen molar-refractivity contribution in [3.8, 4) is 0 Å². The van der Waals surface area contributed by atoms with Crippen molar-refractivity contribution >= 4 is 22.2 Å². The van der Waals surface area contributed by atoms with Gasteiger partial charge in [-0.1, -0.05) is 11.3 Å². The van der Waals surface area contributed by atoms with Crippen molar-refractivity contribution in [2.45, 2.75) is 13.8 Å². The number of nitrogens with zero attached hydrogens (tertiary/aromatic N) is 4. The van der Waals surface area contributed by atoms with E-state index in [0.717, 1.165) is 16.5 Å². The average Bonchev–Trinajstić information content (AvgIpc) is 2.80. The molecule has 6 nitrogen and oxygen atoms in total. The van der Waals surface area contributed by atoms with Gasteiger partial charge in [-0.15, -0.1) is 10.2 Å². The molecule has 0 radical (unpaired) electrons. The molecule has 2 aromatic rings. The van der Waals surface area contributed by atoms with Crippen LogP contribution >= 0.6 is 11.3 Å². The van der Waals surface area contributed by atoms with E-state index in [1.54, 1.807) is 7.05 Å². The molecule has 0 aromatic carbocycles. The SMILES string of the molecule is Cc1nnc2sc(C(=O)N(C)CCO)c(C)n12. The first-order valence-electron chi connectivity index (χ1n) is 5.23. The molecular weight excluding hydrogens is 240 g/mol. The van der Waals surface area contributed by atoms with Gasteiger partial charge in [0.05, 0.1) is 6.61 Å². The van der Waals surface area contributed by atoms with E-state index in [1.165, 1.54) is 16.2 Å². The number of amides is 1. The van der Waals surface area contributed by atoms with Gasteiger partial charge in [0.25, 0.3) is 5.91 Å². The van der Waals surface area contributed by atoms with E-state index >= 15 is 0 Å². The standard InChI is InChI=1S/C10H14N4O2S/c1-6-8(9(16)13(3)4-5-15)17-10-12-11-7(2)14(6)10/h15H,4-5H2,1-3H3. The first kappa shape index (κ1) is 12.0. The molecule has 0 saturated carbocycles. The number of carbonyl (C=O) groups is 1. The van der Waals surface area contributed by atoms with Gasteiger partial charge in [0.2, 0.25) is 4.96 Å². The molecule has 0 atom stereocenters. The predicted molar refractivity (Wildman–Crippen MR) is 64.4 cm³/mol. The Hall–Kier alpha value is -1.47. The summed E-state index contributed by atoms with van der Waals surface area (Å²) in [5.74, 6) is 0.684. The topological polar surface area (TPSA) is 70.7 Å². The lowest BCUT2D eigenvalue weighted by molar-refractivity contribution is 0.0770. The molecule has 2 rings (SSSR count). The summed E-state index contributed by atoms with van der Waals surface area (Å²) in [7, 11) is 1.67. The second-order valence-electron chi connectivity index (χ2n) is 3.83. The van der Waals surface area contributed by atoms with Crippen molar-refractivity contribution in [3.05, 3.63) is 16.4 Å². The molecule has 0 bridgehead atoms. The Morgan fingerprint density at radius 2 is 2.18 bits per heavy atom. The first-order valence-corrected chi connectivity index (χ1v) is 6.05. The lowest BCUT2D eigenvalue weighted by Gasteiger charge is -2.14. The minimum atomic E-state index is -0.0912. The van der Waals surface area contributed by atoms with Crippen LogP contribution in [0, 0.1) is 13.8 Å². The first-order chi connectivity index (χ1) is 8.06. The zero-order chi connectivity index (χ0) is 12.6. The summed E-state index contributed by atoms with van der Waals surface area (Å²) in [6.07, 6.45) is 0. The summed E-state index contributed by atoms with van der Waals surface area (Å²) >= 11 is 1.32. The van der Waals surface area contributed by atoms with Crippen molar-refractivity contribution in [2.24, 2.45) is 0 Å². The zero-order valence-corrected chi connectivity index (χ0v) is 10.8. The number of hydrogen-bond acceptors (Lipinski definition) is 5. The van der Waals surface area contributed by atoms with E-state index in [1.807, 2.05) is 18.2 Å². The van der Waals surface area contributed by atoms with Crippen molar-refractivity contribution in [3.63, 3.8) is 0 Å². The Kier molecular flexibility index (Phi) is 3.12. The third-order valence-electron chi connectivity index (χ3n) is 2.63. The van der Waals surface area contributed by atoms with Gasteiger partial charge in [-0.25, -0.2) is 0 Å². The molecule has 1 amide bonds. The molecule has 0 aliphatic rings. The zero-order valence-electron chi connectivity index (χ0n) is 9.97. The number of fused-ring (bicyclic) bond motifs is 1. The maximum atomic E-state index is 12.1. The quantitative estimate of drug-likeness (QED) is 0.864. The van der Waals surface area contributed by atoms with Crippen LogP contribution in [-0.4, -0.2) is 50.7 Å². The highest BCUT2D eigenvalue weighted by Crippen LogP contribution is 2.23. The number of likely N-dealkylation sites (N-methyl/N-ethyl adjacent to an activating group) is 1. The highest BCUT2D eigenvalue weighted by atomic mass is 32.1. The lowest BCUT2D eigenvalue weighted by atomic mass is 10.3. The van der Waals surface area contributed by atoms with E-state index in [4.69, 9.17) is 5.11 Å². The highest BCUT2D eigenvalue weighted by Gasteiger charge is 2.20. The number of aliphatic hydroxyl groups is 1. The average molecular weight is 254 g/mol. The Morgan fingerprint density at radius 1 is 1.47 bits per heavy atom. The molecule has 2 heterocycles. The van der Waals surface area contributed by atoms with Crippen LogP contribution in [0.25, 0.3) is 4.96 Å². The normalized spacial score (nSPS) is 11.1. The van der Waals surface area contributed by atoms with Gasteiger partial charge >= 0.3 is 0 Å². The summed E-state index contributed by atoms with van der Waals surface area (Å²) in [6, 6.07) is 0. The Morgan fingerprint density at radius 3 is 2.76 bits per heavy atom. The van der Waals surface area contributed by atoms with E-state index in [9.17, 15) is 4.79 Å². The van der Waals surface area contributed by atoms with Gasteiger partial charge in [-0.2, -0.15) is 0 Å². The molecular formula is C10H14N4O2S. The van der Waals surface area contributed by atoms with Gasteiger partial charge < -0.3 is 10.0 Å². The monoisotopic (exact) mass is 254 g/mol. The third-order valence-corrected chi connectivity index (χ3v) is 3.75. The van der Waals surface area contributed by atoms with Crippen molar-refractivity contribution in [1.29, 1.82) is 0 Å². The highest BCUT2D eigenvalue weighted by molar-refractivity contribution is 7.19. The molecule has 0 spiro atoms. The fourth-order valence-electron chi connectivity index (χ4n) is 1.69. The number of carbonyl (C=O) groups excluding carboxylic acids is 1. The smallest absolute Gasteiger partial charge is 0.265 e. The fourth-order valence-corrected chi connectivity index (χ4v) is 2.79. The largest absolute Gasteiger partial charge is 0.395 e. The number of aryl methyl sites for hydroxylation is 2. The number of rotatable bonds is 3. The van der Waals surface area contributed by atoms with Crippen molar-refractivity contribution in [1.82, 2.24) is 19.5 Å². The summed E-state index contributed by atoms with van der Waals surface area (Å²) in [5, 5.41) is 16.8. The Bertz CT molecular complexity index is 560.